The molecule has 0 radical (unpaired) electrons. The molecule has 1 aliphatic heterocycles. The summed E-state index contributed by atoms with van der Waals surface area (Å²) >= 11 is 0. The number of imidazole rings is 1. The zero-order valence-corrected chi connectivity index (χ0v) is 12.9. The van der Waals surface area contributed by atoms with Crippen molar-refractivity contribution in [2.45, 2.75) is 52.0 Å². The smallest absolute Gasteiger partial charge is 0.203 e. The molecule has 0 fully saturated rings. The van der Waals surface area contributed by atoms with Gasteiger partial charge in [0.25, 0.3) is 0 Å². The van der Waals surface area contributed by atoms with Crippen LogP contribution >= 0.6 is 0 Å². The molecule has 0 saturated carbocycles. The van der Waals surface area contributed by atoms with Gasteiger partial charge in [-0.1, -0.05) is 23.8 Å². The van der Waals surface area contributed by atoms with E-state index in [-0.39, 0.29) is 0 Å². The predicted molar refractivity (Wildman–Crippen MR) is 86.0 cm³/mol. The minimum atomic E-state index is 0.455. The monoisotopic (exact) mass is 281 g/mol. The van der Waals surface area contributed by atoms with Crippen LogP contribution in [0.3, 0.4) is 0 Å². The molecule has 3 heteroatoms. The third-order valence-electron chi connectivity index (χ3n) is 4.97. The maximum absolute atomic E-state index is 4.87. The molecule has 1 atom stereocenters. The topological polar surface area (TPSA) is 29.9 Å². The summed E-state index contributed by atoms with van der Waals surface area (Å²) in [4.78, 5) is 4.87. The van der Waals surface area contributed by atoms with E-state index in [0.717, 1.165) is 25.3 Å². The molecule has 2 aromatic rings. The summed E-state index contributed by atoms with van der Waals surface area (Å²) in [5.74, 6) is 1.10. The second kappa shape index (κ2) is 4.90. The van der Waals surface area contributed by atoms with Crippen molar-refractivity contribution in [2.24, 2.45) is 0 Å². The average molecular weight is 281 g/mol. The second-order valence-electron chi connectivity index (χ2n) is 6.50. The number of fused-ring (bicyclic) bond motifs is 3. The van der Waals surface area contributed by atoms with Crippen molar-refractivity contribution in [3.05, 3.63) is 46.3 Å². The summed E-state index contributed by atoms with van der Waals surface area (Å²) in [5, 5.41) is 3.50. The summed E-state index contributed by atoms with van der Waals surface area (Å²) in [6, 6.07) is 7.32. The van der Waals surface area contributed by atoms with Gasteiger partial charge in [0, 0.05) is 12.2 Å². The van der Waals surface area contributed by atoms with Crippen molar-refractivity contribution in [3.8, 4) is 0 Å². The number of nitrogens with zero attached hydrogens (tertiary/aromatic N) is 2. The van der Waals surface area contributed by atoms with Gasteiger partial charge >= 0.3 is 0 Å². The lowest BCUT2D eigenvalue weighted by Gasteiger charge is -2.30. The summed E-state index contributed by atoms with van der Waals surface area (Å²) in [6.07, 6.45) is 6.08. The Labute approximate surface area is 126 Å². The molecule has 1 unspecified atom stereocenters. The van der Waals surface area contributed by atoms with Gasteiger partial charge in [-0.2, -0.15) is 0 Å². The van der Waals surface area contributed by atoms with Crippen LogP contribution in [-0.2, 0) is 12.8 Å². The standard InChI is InChI=1S/C18H23N3/c1-12-7-8-14(13(2)11-12)16-9-10-19-18-20-15-5-3-4-6-17(15)21(16)18/h7-8,11,16H,3-6,9-10H2,1-2H3,(H,19,20). The van der Waals surface area contributed by atoms with Crippen LogP contribution in [0.2, 0.25) is 0 Å². The number of rotatable bonds is 1. The molecule has 21 heavy (non-hydrogen) atoms. The van der Waals surface area contributed by atoms with E-state index >= 15 is 0 Å². The molecular weight excluding hydrogens is 258 g/mol. The van der Waals surface area contributed by atoms with Crippen LogP contribution in [-0.4, -0.2) is 16.1 Å². The molecule has 0 bridgehead atoms. The maximum atomic E-state index is 4.87. The number of hydrogen-bond donors (Lipinski definition) is 1. The van der Waals surface area contributed by atoms with Gasteiger partial charge in [-0.3, -0.25) is 0 Å². The van der Waals surface area contributed by atoms with Crippen LogP contribution < -0.4 is 5.32 Å². The minimum absolute atomic E-state index is 0.455. The fourth-order valence-electron chi connectivity index (χ4n) is 3.97. The first-order chi connectivity index (χ1) is 10.2. The van der Waals surface area contributed by atoms with E-state index < -0.39 is 0 Å². The Kier molecular flexibility index (Phi) is 3.02. The molecule has 1 N–H and O–H groups in total. The Hall–Kier alpha value is -1.77. The Bertz CT molecular complexity index is 684. The van der Waals surface area contributed by atoms with Crippen molar-refractivity contribution < 1.29 is 0 Å². The maximum Gasteiger partial charge on any atom is 0.203 e. The third-order valence-corrected chi connectivity index (χ3v) is 4.97. The molecule has 2 aliphatic rings. The minimum Gasteiger partial charge on any atom is -0.356 e. The van der Waals surface area contributed by atoms with Gasteiger partial charge in [0.2, 0.25) is 5.95 Å². The van der Waals surface area contributed by atoms with Gasteiger partial charge in [-0.05, 0) is 57.1 Å². The van der Waals surface area contributed by atoms with E-state index in [9.17, 15) is 0 Å². The van der Waals surface area contributed by atoms with Crippen molar-refractivity contribution >= 4 is 5.95 Å². The number of benzene rings is 1. The fourth-order valence-corrected chi connectivity index (χ4v) is 3.97. The first-order valence-electron chi connectivity index (χ1n) is 8.15. The lowest BCUT2D eigenvalue weighted by molar-refractivity contribution is 0.499. The van der Waals surface area contributed by atoms with Crippen LogP contribution in [0.1, 0.15) is 53.4 Å². The van der Waals surface area contributed by atoms with Crippen molar-refractivity contribution in [3.63, 3.8) is 0 Å². The average Bonchev–Trinajstić information content (AvgIpc) is 2.86. The van der Waals surface area contributed by atoms with Crippen LogP contribution in [0.4, 0.5) is 5.95 Å². The first-order valence-corrected chi connectivity index (χ1v) is 8.15. The molecule has 3 nitrogen and oxygen atoms in total. The molecule has 2 heterocycles. The lowest BCUT2D eigenvalue weighted by Crippen LogP contribution is -2.26. The van der Waals surface area contributed by atoms with Crippen molar-refractivity contribution in [1.82, 2.24) is 9.55 Å². The van der Waals surface area contributed by atoms with E-state index in [1.807, 2.05) is 0 Å². The molecule has 1 aliphatic carbocycles. The van der Waals surface area contributed by atoms with Gasteiger partial charge in [-0.15, -0.1) is 0 Å². The highest BCUT2D eigenvalue weighted by molar-refractivity contribution is 5.43. The van der Waals surface area contributed by atoms with E-state index in [1.165, 1.54) is 47.3 Å². The Balaban J connectivity index is 1.84. The van der Waals surface area contributed by atoms with Crippen LogP contribution in [0, 0.1) is 13.8 Å². The van der Waals surface area contributed by atoms with E-state index in [1.54, 1.807) is 0 Å². The number of aryl methyl sites for hydroxylation is 3. The Morgan fingerprint density at radius 3 is 2.90 bits per heavy atom. The third kappa shape index (κ3) is 2.06. The quantitative estimate of drug-likeness (QED) is 0.862. The van der Waals surface area contributed by atoms with Crippen LogP contribution in [0.15, 0.2) is 18.2 Å². The van der Waals surface area contributed by atoms with Gasteiger partial charge < -0.3 is 9.88 Å². The molecular formula is C18H23N3. The van der Waals surface area contributed by atoms with Crippen molar-refractivity contribution in [1.29, 1.82) is 0 Å². The number of aromatic nitrogens is 2. The first kappa shape index (κ1) is 12.9. The lowest BCUT2D eigenvalue weighted by atomic mass is 9.94. The molecule has 1 aromatic heterocycles. The van der Waals surface area contributed by atoms with Gasteiger partial charge in [0.1, 0.15) is 0 Å². The van der Waals surface area contributed by atoms with Gasteiger partial charge in [-0.25, -0.2) is 4.98 Å². The molecule has 0 saturated heterocycles. The molecule has 1 aromatic carbocycles. The molecule has 0 amide bonds. The highest BCUT2D eigenvalue weighted by Gasteiger charge is 2.29. The summed E-state index contributed by atoms with van der Waals surface area (Å²) in [6.45, 7) is 5.44. The second-order valence-corrected chi connectivity index (χ2v) is 6.50. The zero-order chi connectivity index (χ0) is 14.4. The number of nitrogens with one attached hydrogen (secondary N) is 1. The predicted octanol–water partition coefficient (Wildman–Crippen LogP) is 3.78. The zero-order valence-electron chi connectivity index (χ0n) is 12.9. The van der Waals surface area contributed by atoms with E-state index in [2.05, 4.69) is 41.9 Å². The molecule has 4 rings (SSSR count). The SMILES string of the molecule is Cc1ccc(C2CCNc3nc4c(n32)CCCC4)c(C)c1. The highest BCUT2D eigenvalue weighted by atomic mass is 15.3. The number of anilines is 1. The van der Waals surface area contributed by atoms with Gasteiger partial charge in [0.15, 0.2) is 0 Å². The normalized spacial score (nSPS) is 20.6. The Morgan fingerprint density at radius 1 is 1.19 bits per heavy atom. The summed E-state index contributed by atoms with van der Waals surface area (Å²) < 4.78 is 2.50. The van der Waals surface area contributed by atoms with Gasteiger partial charge in [0.05, 0.1) is 11.7 Å². The van der Waals surface area contributed by atoms with E-state index in [4.69, 9.17) is 4.98 Å². The number of hydrogen-bond acceptors (Lipinski definition) is 2. The fraction of sp³-hybridized carbons (Fsp3) is 0.500. The summed E-state index contributed by atoms with van der Waals surface area (Å²) in [5.41, 5.74) is 7.03. The molecule has 110 valence electrons. The van der Waals surface area contributed by atoms with E-state index in [0.29, 0.717) is 6.04 Å². The highest BCUT2D eigenvalue weighted by Crippen LogP contribution is 2.36. The summed E-state index contributed by atoms with van der Waals surface area (Å²) in [7, 11) is 0. The largest absolute Gasteiger partial charge is 0.356 e. The van der Waals surface area contributed by atoms with Crippen LogP contribution in [0.25, 0.3) is 0 Å². The van der Waals surface area contributed by atoms with Crippen LogP contribution in [0.5, 0.6) is 0 Å². The van der Waals surface area contributed by atoms with Crippen molar-refractivity contribution in [2.75, 3.05) is 11.9 Å². The Morgan fingerprint density at radius 2 is 2.05 bits per heavy atom. The molecule has 0 spiro atoms.